The molecule has 1 saturated carbocycles. The van der Waals surface area contributed by atoms with E-state index in [9.17, 15) is 19.3 Å². The molecule has 4 nitrogen and oxygen atoms in total. The number of carbonyl (C=O) groups excluding carboxylic acids is 1. The summed E-state index contributed by atoms with van der Waals surface area (Å²) in [6, 6.07) is 5.72. The second-order valence-electron chi connectivity index (χ2n) is 5.79. The van der Waals surface area contributed by atoms with Gasteiger partial charge in [-0.3, -0.25) is 14.9 Å². The molecule has 1 fully saturated rings. The van der Waals surface area contributed by atoms with Crippen LogP contribution in [0, 0.1) is 27.8 Å². The van der Waals surface area contributed by atoms with E-state index in [0.717, 1.165) is 12.8 Å². The lowest BCUT2D eigenvalue weighted by atomic mass is 9.71. The molecule has 1 aromatic carbocycles. The highest BCUT2D eigenvalue weighted by atomic mass is 19.1. The Balaban J connectivity index is 2.27. The van der Waals surface area contributed by atoms with Gasteiger partial charge in [-0.15, -0.1) is 0 Å². The van der Waals surface area contributed by atoms with E-state index in [0.29, 0.717) is 24.3 Å². The fraction of sp³-hybridized carbons (Fsp3) is 0.562. The molecule has 0 aromatic heterocycles. The summed E-state index contributed by atoms with van der Waals surface area (Å²) in [5, 5.41) is 11.0. The first-order valence-electron chi connectivity index (χ1n) is 7.41. The van der Waals surface area contributed by atoms with Crippen LogP contribution < -0.4 is 0 Å². The van der Waals surface area contributed by atoms with Crippen molar-refractivity contribution < 1.29 is 14.1 Å². The van der Waals surface area contributed by atoms with Gasteiger partial charge in [-0.05, 0) is 36.5 Å². The number of rotatable bonds is 5. The quantitative estimate of drug-likeness (QED) is 0.616. The number of halogens is 1. The molecular formula is C16H20FNO3. The van der Waals surface area contributed by atoms with Crippen molar-refractivity contribution in [2.24, 2.45) is 11.8 Å². The van der Waals surface area contributed by atoms with Gasteiger partial charge in [0, 0.05) is 17.3 Å². The first-order valence-corrected chi connectivity index (χ1v) is 7.41. The molecule has 0 bridgehead atoms. The van der Waals surface area contributed by atoms with Gasteiger partial charge in [0.05, 0.1) is 5.92 Å². The van der Waals surface area contributed by atoms with Gasteiger partial charge < -0.3 is 0 Å². The monoisotopic (exact) mass is 293 g/mol. The lowest BCUT2D eigenvalue weighted by Crippen LogP contribution is -2.33. The predicted octanol–water partition coefficient (Wildman–Crippen LogP) is 3.58. The van der Waals surface area contributed by atoms with Gasteiger partial charge in [0.2, 0.25) is 6.54 Å². The minimum Gasteiger partial charge on any atom is -0.299 e. The van der Waals surface area contributed by atoms with Gasteiger partial charge in [-0.2, -0.15) is 0 Å². The van der Waals surface area contributed by atoms with Crippen molar-refractivity contribution in [1.82, 2.24) is 0 Å². The van der Waals surface area contributed by atoms with Crippen LogP contribution in [0.5, 0.6) is 0 Å². The third-order valence-electron chi connectivity index (χ3n) is 4.51. The molecule has 3 atom stereocenters. The van der Waals surface area contributed by atoms with Crippen LogP contribution in [-0.4, -0.2) is 17.3 Å². The van der Waals surface area contributed by atoms with Crippen molar-refractivity contribution in [3.05, 3.63) is 45.8 Å². The van der Waals surface area contributed by atoms with Gasteiger partial charge >= 0.3 is 0 Å². The number of hydrogen-bond acceptors (Lipinski definition) is 3. The second kappa shape index (κ2) is 6.78. The first kappa shape index (κ1) is 15.6. The summed E-state index contributed by atoms with van der Waals surface area (Å²) in [6.07, 6.45) is 3.06. The van der Waals surface area contributed by atoms with Crippen LogP contribution in [0.3, 0.4) is 0 Å². The molecule has 0 N–H and O–H groups in total. The third kappa shape index (κ3) is 3.86. The van der Waals surface area contributed by atoms with Gasteiger partial charge in [-0.1, -0.05) is 25.5 Å². The zero-order valence-electron chi connectivity index (χ0n) is 12.1. The van der Waals surface area contributed by atoms with Crippen molar-refractivity contribution in [3.8, 4) is 0 Å². The zero-order valence-corrected chi connectivity index (χ0v) is 12.1. The van der Waals surface area contributed by atoms with Crippen molar-refractivity contribution in [3.63, 3.8) is 0 Å². The molecule has 5 heteroatoms. The molecule has 21 heavy (non-hydrogen) atoms. The largest absolute Gasteiger partial charge is 0.299 e. The van der Waals surface area contributed by atoms with Crippen LogP contribution in [0.1, 0.15) is 44.1 Å². The summed E-state index contributed by atoms with van der Waals surface area (Å²) < 4.78 is 13.0. The topological polar surface area (TPSA) is 60.2 Å². The number of hydrogen-bond donors (Lipinski definition) is 0. The molecule has 2 rings (SSSR count). The predicted molar refractivity (Wildman–Crippen MR) is 77.1 cm³/mol. The molecule has 0 aliphatic heterocycles. The van der Waals surface area contributed by atoms with Crippen LogP contribution in [0.15, 0.2) is 24.3 Å². The lowest BCUT2D eigenvalue weighted by Gasteiger charge is -2.31. The molecule has 0 unspecified atom stereocenters. The fourth-order valence-corrected chi connectivity index (χ4v) is 3.24. The summed E-state index contributed by atoms with van der Waals surface area (Å²) in [6.45, 7) is 1.80. The molecule has 1 aliphatic carbocycles. The van der Waals surface area contributed by atoms with Gasteiger partial charge in [0.1, 0.15) is 11.6 Å². The maximum Gasteiger partial charge on any atom is 0.211 e. The Morgan fingerprint density at radius 3 is 2.62 bits per heavy atom. The minimum absolute atomic E-state index is 0.107. The Hall–Kier alpha value is -1.78. The number of ketones is 1. The van der Waals surface area contributed by atoms with E-state index in [4.69, 9.17) is 0 Å². The summed E-state index contributed by atoms with van der Waals surface area (Å²) in [7, 11) is 0. The van der Waals surface area contributed by atoms with Crippen LogP contribution in [0.4, 0.5) is 4.39 Å². The lowest BCUT2D eigenvalue weighted by molar-refractivity contribution is -0.484. The van der Waals surface area contributed by atoms with E-state index in [1.165, 1.54) is 12.1 Å². The Kier molecular flexibility index (Phi) is 5.04. The average Bonchev–Trinajstić information content (AvgIpc) is 2.46. The molecule has 0 amide bonds. The molecule has 0 radical (unpaired) electrons. The molecule has 1 aromatic rings. The normalized spacial score (nSPS) is 23.8. The molecule has 0 spiro atoms. The number of nitro groups is 1. The summed E-state index contributed by atoms with van der Waals surface area (Å²) in [5.41, 5.74) is 0.684. The number of Topliss-reactive ketones (excluding diaryl/α,β-unsaturated/α-hetero) is 1. The maximum atomic E-state index is 13.0. The van der Waals surface area contributed by atoms with E-state index in [-0.39, 0.29) is 29.0 Å². The summed E-state index contributed by atoms with van der Waals surface area (Å²) in [5.74, 6) is -0.597. The van der Waals surface area contributed by atoms with Gasteiger partial charge in [0.25, 0.3) is 0 Å². The van der Waals surface area contributed by atoms with Crippen LogP contribution >= 0.6 is 0 Å². The van der Waals surface area contributed by atoms with Crippen molar-refractivity contribution in [2.75, 3.05) is 6.54 Å². The first-order chi connectivity index (χ1) is 10.0. The van der Waals surface area contributed by atoms with Crippen molar-refractivity contribution >= 4 is 5.78 Å². The van der Waals surface area contributed by atoms with E-state index >= 15 is 0 Å². The van der Waals surface area contributed by atoms with Crippen LogP contribution in [0.25, 0.3) is 0 Å². The second-order valence-corrected chi connectivity index (χ2v) is 5.79. The standard InChI is InChI=1S/C16H20FNO3/c1-2-11-3-8-16(19)14(9-11)15(10-18(20)21)12-4-6-13(17)7-5-12/h4-7,11,14-15H,2-3,8-10H2,1H3/t11-,14-,15-/m0/s1. The Morgan fingerprint density at radius 1 is 1.38 bits per heavy atom. The average molecular weight is 293 g/mol. The zero-order chi connectivity index (χ0) is 15.4. The van der Waals surface area contributed by atoms with Crippen LogP contribution in [-0.2, 0) is 4.79 Å². The summed E-state index contributed by atoms with van der Waals surface area (Å²) >= 11 is 0. The van der Waals surface area contributed by atoms with Crippen molar-refractivity contribution in [1.29, 1.82) is 0 Å². The van der Waals surface area contributed by atoms with Crippen LogP contribution in [0.2, 0.25) is 0 Å². The molecule has 114 valence electrons. The van der Waals surface area contributed by atoms with Crippen molar-refractivity contribution in [2.45, 2.75) is 38.5 Å². The third-order valence-corrected chi connectivity index (χ3v) is 4.51. The maximum absolute atomic E-state index is 13.0. The van der Waals surface area contributed by atoms with Gasteiger partial charge in [0.15, 0.2) is 0 Å². The number of carbonyl (C=O) groups is 1. The highest BCUT2D eigenvalue weighted by Crippen LogP contribution is 2.37. The molecular weight excluding hydrogens is 273 g/mol. The summed E-state index contributed by atoms with van der Waals surface area (Å²) in [4.78, 5) is 22.8. The smallest absolute Gasteiger partial charge is 0.211 e. The Labute approximate surface area is 123 Å². The van der Waals surface area contributed by atoms with Gasteiger partial charge in [-0.25, -0.2) is 4.39 Å². The minimum atomic E-state index is -0.456. The molecule has 1 aliphatic rings. The molecule has 0 saturated heterocycles. The Morgan fingerprint density at radius 2 is 2.05 bits per heavy atom. The van der Waals surface area contributed by atoms with E-state index in [2.05, 4.69) is 6.92 Å². The number of benzene rings is 1. The SMILES string of the molecule is CC[C@H]1CCC(=O)[C@H]([C@@H](C[N+](=O)[O-])c2ccc(F)cc2)C1. The highest BCUT2D eigenvalue weighted by Gasteiger charge is 2.37. The van der Waals surface area contributed by atoms with E-state index < -0.39 is 5.92 Å². The Bertz CT molecular complexity index is 515. The van der Waals surface area contributed by atoms with E-state index in [1.807, 2.05) is 0 Å². The fourth-order valence-electron chi connectivity index (χ4n) is 3.24. The highest BCUT2D eigenvalue weighted by molar-refractivity contribution is 5.82. The molecule has 0 heterocycles. The number of nitrogens with zero attached hydrogens (tertiary/aromatic N) is 1. The van der Waals surface area contributed by atoms with E-state index in [1.54, 1.807) is 12.1 Å².